The second-order valence-corrected chi connectivity index (χ2v) is 5.56. The van der Waals surface area contributed by atoms with Crippen LogP contribution in [0.5, 0.6) is 0 Å². The van der Waals surface area contributed by atoms with Crippen LogP contribution in [0.25, 0.3) is 0 Å². The van der Waals surface area contributed by atoms with Crippen molar-refractivity contribution in [2.75, 3.05) is 0 Å². The molecule has 2 atom stereocenters. The summed E-state index contributed by atoms with van der Waals surface area (Å²) in [6.07, 6.45) is 1.60. The van der Waals surface area contributed by atoms with E-state index in [1.807, 2.05) is 6.07 Å². The molecule has 0 aromatic heterocycles. The molecule has 0 bridgehead atoms. The van der Waals surface area contributed by atoms with Crippen molar-refractivity contribution >= 4 is 35.0 Å². The third-order valence-corrected chi connectivity index (χ3v) is 4.49. The van der Waals surface area contributed by atoms with Gasteiger partial charge in [0.25, 0.3) is 0 Å². The van der Waals surface area contributed by atoms with Crippen molar-refractivity contribution in [3.63, 3.8) is 0 Å². The lowest BCUT2D eigenvalue weighted by molar-refractivity contribution is -0.140. The Morgan fingerprint density at radius 1 is 1.11 bits per heavy atom. The molecular weight excluding hydrogens is 273 g/mol. The van der Waals surface area contributed by atoms with Gasteiger partial charge in [0.05, 0.1) is 10.0 Å². The number of hydrogen-bond donors (Lipinski definition) is 0. The molecule has 0 unspecified atom stereocenters. The fourth-order valence-electron chi connectivity index (χ4n) is 2.92. The molecular formula is C13H11Cl2NO2. The number of hydrogen-bond acceptors (Lipinski definition) is 2. The Hall–Kier alpha value is -1.06. The zero-order chi connectivity index (χ0) is 12.9. The highest BCUT2D eigenvalue weighted by Crippen LogP contribution is 2.41. The molecule has 0 spiro atoms. The quantitative estimate of drug-likeness (QED) is 0.743. The maximum absolute atomic E-state index is 11.8. The highest BCUT2D eigenvalue weighted by Gasteiger charge is 2.47. The monoisotopic (exact) mass is 283 g/mol. The minimum atomic E-state index is -0.0708. The fraction of sp³-hybridized carbons (Fsp3) is 0.385. The number of carbonyl (C=O) groups is 2. The summed E-state index contributed by atoms with van der Waals surface area (Å²) in [6, 6.07) is 5.43. The molecule has 3 nitrogen and oxygen atoms in total. The molecule has 0 saturated carbocycles. The summed E-state index contributed by atoms with van der Waals surface area (Å²) in [5.41, 5.74) is 0.986. The lowest BCUT2D eigenvalue weighted by Crippen LogP contribution is -2.32. The predicted octanol–water partition coefficient (Wildman–Crippen LogP) is 3.00. The Kier molecular flexibility index (Phi) is 2.83. The summed E-state index contributed by atoms with van der Waals surface area (Å²) >= 11 is 11.9. The highest BCUT2D eigenvalue weighted by atomic mass is 35.5. The molecule has 18 heavy (non-hydrogen) atoms. The van der Waals surface area contributed by atoms with Gasteiger partial charge in [-0.2, -0.15) is 0 Å². The summed E-state index contributed by atoms with van der Waals surface area (Å²) in [6.45, 7) is 0. The van der Waals surface area contributed by atoms with E-state index in [0.717, 1.165) is 12.0 Å². The number of benzene rings is 1. The summed E-state index contributed by atoms with van der Waals surface area (Å²) in [5, 5.41) is 0.994. The van der Waals surface area contributed by atoms with Gasteiger partial charge in [0, 0.05) is 24.8 Å². The maximum atomic E-state index is 11.8. The summed E-state index contributed by atoms with van der Waals surface area (Å²) in [7, 11) is 0. The van der Waals surface area contributed by atoms with Crippen LogP contribution in [-0.4, -0.2) is 22.8 Å². The Labute approximate surface area is 115 Å². The molecule has 1 aromatic rings. The molecule has 0 aliphatic carbocycles. The van der Waals surface area contributed by atoms with Gasteiger partial charge in [-0.3, -0.25) is 14.5 Å². The van der Waals surface area contributed by atoms with Crippen LogP contribution >= 0.6 is 23.2 Å². The highest BCUT2D eigenvalue weighted by molar-refractivity contribution is 6.42. The third-order valence-electron chi connectivity index (χ3n) is 3.75. The molecule has 94 valence electrons. The fourth-order valence-corrected chi connectivity index (χ4v) is 3.22. The lowest BCUT2D eigenvalue weighted by atomic mass is 9.90. The third kappa shape index (κ3) is 1.73. The largest absolute Gasteiger partial charge is 0.279 e. The van der Waals surface area contributed by atoms with E-state index >= 15 is 0 Å². The van der Waals surface area contributed by atoms with E-state index in [1.165, 1.54) is 4.90 Å². The van der Waals surface area contributed by atoms with Crippen LogP contribution in [0.4, 0.5) is 0 Å². The molecule has 2 heterocycles. The van der Waals surface area contributed by atoms with Gasteiger partial charge in [-0.1, -0.05) is 29.3 Å². The van der Waals surface area contributed by atoms with E-state index in [9.17, 15) is 9.59 Å². The van der Waals surface area contributed by atoms with Crippen LogP contribution in [0.1, 0.15) is 30.7 Å². The van der Waals surface area contributed by atoms with Crippen molar-refractivity contribution in [1.82, 2.24) is 4.90 Å². The van der Waals surface area contributed by atoms with Crippen molar-refractivity contribution < 1.29 is 9.59 Å². The van der Waals surface area contributed by atoms with Crippen LogP contribution in [-0.2, 0) is 9.59 Å². The predicted molar refractivity (Wildman–Crippen MR) is 68.7 cm³/mol. The molecule has 2 saturated heterocycles. The molecule has 3 rings (SSSR count). The van der Waals surface area contributed by atoms with Crippen LogP contribution in [0.2, 0.25) is 10.0 Å². The van der Waals surface area contributed by atoms with Crippen molar-refractivity contribution in [1.29, 1.82) is 0 Å². The second kappa shape index (κ2) is 4.25. The van der Waals surface area contributed by atoms with Crippen LogP contribution in [0.3, 0.4) is 0 Å². The second-order valence-electron chi connectivity index (χ2n) is 4.75. The van der Waals surface area contributed by atoms with Gasteiger partial charge in [0.15, 0.2) is 0 Å². The Bertz CT molecular complexity index is 544. The first-order chi connectivity index (χ1) is 8.58. The SMILES string of the molecule is O=C1CC[C@@H]2[C@H](c3ccc(Cl)c(Cl)c3)CC(=O)N12. The number of rotatable bonds is 1. The Balaban J connectivity index is 1.96. The van der Waals surface area contributed by atoms with Crippen molar-refractivity contribution in [2.45, 2.75) is 31.2 Å². The summed E-state index contributed by atoms with van der Waals surface area (Å²) in [4.78, 5) is 24.9. The molecule has 0 N–H and O–H groups in total. The lowest BCUT2D eigenvalue weighted by Gasteiger charge is -2.19. The smallest absolute Gasteiger partial charge is 0.230 e. The normalized spacial score (nSPS) is 26.9. The minimum Gasteiger partial charge on any atom is -0.279 e. The molecule has 0 radical (unpaired) electrons. The molecule has 1 aromatic carbocycles. The molecule has 2 aliphatic heterocycles. The van der Waals surface area contributed by atoms with E-state index in [1.54, 1.807) is 12.1 Å². The van der Waals surface area contributed by atoms with E-state index in [4.69, 9.17) is 23.2 Å². The number of amides is 2. The first kappa shape index (κ1) is 12.0. The van der Waals surface area contributed by atoms with Crippen LogP contribution in [0.15, 0.2) is 18.2 Å². The summed E-state index contributed by atoms with van der Waals surface area (Å²) in [5.74, 6) is -0.0650. The molecule has 2 fully saturated rings. The molecule has 2 aliphatic rings. The van der Waals surface area contributed by atoms with E-state index in [0.29, 0.717) is 22.9 Å². The Morgan fingerprint density at radius 2 is 1.89 bits per heavy atom. The van der Waals surface area contributed by atoms with Crippen LogP contribution in [0, 0.1) is 0 Å². The van der Waals surface area contributed by atoms with Gasteiger partial charge in [0.2, 0.25) is 11.8 Å². The van der Waals surface area contributed by atoms with Crippen molar-refractivity contribution in [2.24, 2.45) is 0 Å². The van der Waals surface area contributed by atoms with Gasteiger partial charge in [-0.05, 0) is 24.1 Å². The van der Waals surface area contributed by atoms with E-state index in [-0.39, 0.29) is 23.8 Å². The maximum Gasteiger partial charge on any atom is 0.230 e. The average Bonchev–Trinajstić information content (AvgIpc) is 2.86. The first-order valence-electron chi connectivity index (χ1n) is 5.88. The average molecular weight is 284 g/mol. The number of imide groups is 1. The zero-order valence-electron chi connectivity index (χ0n) is 9.53. The van der Waals surface area contributed by atoms with Gasteiger partial charge in [-0.25, -0.2) is 0 Å². The number of halogens is 2. The van der Waals surface area contributed by atoms with Gasteiger partial charge >= 0.3 is 0 Å². The van der Waals surface area contributed by atoms with Crippen LogP contribution < -0.4 is 0 Å². The Morgan fingerprint density at radius 3 is 2.61 bits per heavy atom. The van der Waals surface area contributed by atoms with Crippen molar-refractivity contribution in [3.05, 3.63) is 33.8 Å². The summed E-state index contributed by atoms with van der Waals surface area (Å²) < 4.78 is 0. The topological polar surface area (TPSA) is 37.4 Å². The standard InChI is InChI=1S/C13H11Cl2NO2/c14-9-2-1-7(5-10(9)15)8-6-13(18)16-11(8)3-4-12(16)17/h1-2,5,8,11H,3-4,6H2/t8-,11+/m0/s1. The zero-order valence-corrected chi connectivity index (χ0v) is 11.0. The van der Waals surface area contributed by atoms with Gasteiger partial charge in [-0.15, -0.1) is 0 Å². The first-order valence-corrected chi connectivity index (χ1v) is 6.63. The number of carbonyl (C=O) groups excluding carboxylic acids is 2. The number of fused-ring (bicyclic) bond motifs is 1. The minimum absolute atomic E-state index is 0.00208. The molecule has 2 amide bonds. The van der Waals surface area contributed by atoms with E-state index in [2.05, 4.69) is 0 Å². The molecule has 5 heteroatoms. The van der Waals surface area contributed by atoms with Crippen molar-refractivity contribution in [3.8, 4) is 0 Å². The van der Waals surface area contributed by atoms with Gasteiger partial charge in [0.1, 0.15) is 0 Å². The van der Waals surface area contributed by atoms with E-state index < -0.39 is 0 Å². The number of nitrogens with zero attached hydrogens (tertiary/aromatic N) is 1. The van der Waals surface area contributed by atoms with Gasteiger partial charge < -0.3 is 0 Å².